The molecule has 0 bridgehead atoms. The van der Waals surface area contributed by atoms with Crippen LogP contribution in [-0.4, -0.2) is 21.3 Å². The minimum Gasteiger partial charge on any atom is -0.307 e. The first-order valence-corrected chi connectivity index (χ1v) is 6.03. The van der Waals surface area contributed by atoms with Crippen LogP contribution in [0.3, 0.4) is 0 Å². The van der Waals surface area contributed by atoms with Crippen LogP contribution in [-0.2, 0) is 0 Å². The van der Waals surface area contributed by atoms with Gasteiger partial charge in [0.1, 0.15) is 11.6 Å². The highest BCUT2D eigenvalue weighted by atomic mass is 19.1. The van der Waals surface area contributed by atoms with Crippen molar-refractivity contribution < 1.29 is 8.78 Å². The second kappa shape index (κ2) is 4.58. The summed E-state index contributed by atoms with van der Waals surface area (Å²) in [7, 11) is 0. The number of aromatic amines is 1. The molecular formula is C12H12F2N4O. The molecule has 0 spiro atoms. The van der Waals surface area contributed by atoms with Gasteiger partial charge < -0.3 is 5.32 Å². The van der Waals surface area contributed by atoms with Crippen molar-refractivity contribution in [2.75, 3.05) is 6.54 Å². The summed E-state index contributed by atoms with van der Waals surface area (Å²) >= 11 is 0. The normalized spacial score (nSPS) is 18.9. The van der Waals surface area contributed by atoms with Gasteiger partial charge in [-0.15, -0.1) is 0 Å². The molecule has 1 unspecified atom stereocenters. The van der Waals surface area contributed by atoms with E-state index in [4.69, 9.17) is 0 Å². The van der Waals surface area contributed by atoms with Crippen molar-refractivity contribution in [1.82, 2.24) is 20.1 Å². The Kier molecular flexibility index (Phi) is 2.90. The zero-order chi connectivity index (χ0) is 13.4. The van der Waals surface area contributed by atoms with Crippen molar-refractivity contribution in [1.29, 1.82) is 0 Å². The standard InChI is InChI=1S/C12H12F2N4O/c13-7-3-4-10(8(14)6-7)18-11(16-17-12(18)19)9-2-1-5-15-9/h3-4,6,9,15H,1-2,5H2,(H,17,19). The molecule has 1 aromatic carbocycles. The SMILES string of the molecule is O=c1[nH]nc(C2CCCN2)n1-c1ccc(F)cc1F. The summed E-state index contributed by atoms with van der Waals surface area (Å²) in [5, 5.41) is 9.44. The lowest BCUT2D eigenvalue weighted by Crippen LogP contribution is -2.23. The molecule has 1 atom stereocenters. The van der Waals surface area contributed by atoms with Crippen molar-refractivity contribution in [2.45, 2.75) is 18.9 Å². The molecule has 1 aliphatic heterocycles. The Labute approximate surface area is 107 Å². The van der Waals surface area contributed by atoms with Gasteiger partial charge in [-0.25, -0.2) is 23.2 Å². The molecular weight excluding hydrogens is 254 g/mol. The maximum Gasteiger partial charge on any atom is 0.348 e. The molecule has 1 aromatic heterocycles. The van der Waals surface area contributed by atoms with Crippen LogP contribution in [0.1, 0.15) is 24.7 Å². The Morgan fingerprint density at radius 3 is 2.89 bits per heavy atom. The number of benzene rings is 1. The van der Waals surface area contributed by atoms with Gasteiger partial charge in [-0.05, 0) is 31.5 Å². The largest absolute Gasteiger partial charge is 0.348 e. The van der Waals surface area contributed by atoms with Crippen LogP contribution in [0.15, 0.2) is 23.0 Å². The minimum atomic E-state index is -0.789. The van der Waals surface area contributed by atoms with E-state index < -0.39 is 17.3 Å². The number of halogens is 2. The van der Waals surface area contributed by atoms with Crippen molar-refractivity contribution in [3.05, 3.63) is 46.1 Å². The second-order valence-corrected chi connectivity index (χ2v) is 4.47. The maximum absolute atomic E-state index is 13.8. The topological polar surface area (TPSA) is 62.7 Å². The fourth-order valence-corrected chi connectivity index (χ4v) is 2.34. The van der Waals surface area contributed by atoms with Crippen LogP contribution in [0.5, 0.6) is 0 Å². The molecule has 0 saturated carbocycles. The first-order valence-electron chi connectivity index (χ1n) is 6.03. The van der Waals surface area contributed by atoms with E-state index in [1.165, 1.54) is 6.07 Å². The van der Waals surface area contributed by atoms with Gasteiger partial charge in [-0.1, -0.05) is 0 Å². The summed E-state index contributed by atoms with van der Waals surface area (Å²) in [6, 6.07) is 3.01. The quantitative estimate of drug-likeness (QED) is 0.860. The molecule has 0 amide bonds. The molecule has 0 radical (unpaired) electrons. The number of nitrogens with one attached hydrogen (secondary N) is 2. The Hall–Kier alpha value is -2.02. The molecule has 100 valence electrons. The molecule has 7 heteroatoms. The van der Waals surface area contributed by atoms with Gasteiger partial charge in [-0.3, -0.25) is 0 Å². The molecule has 5 nitrogen and oxygen atoms in total. The van der Waals surface area contributed by atoms with Crippen LogP contribution < -0.4 is 11.0 Å². The summed E-state index contributed by atoms with van der Waals surface area (Å²) < 4.78 is 27.9. The Morgan fingerprint density at radius 1 is 1.37 bits per heavy atom. The number of hydrogen-bond donors (Lipinski definition) is 2. The predicted molar refractivity (Wildman–Crippen MR) is 64.1 cm³/mol. The molecule has 0 aliphatic carbocycles. The van der Waals surface area contributed by atoms with Gasteiger partial charge in [-0.2, -0.15) is 5.10 Å². The summed E-state index contributed by atoms with van der Waals surface area (Å²) in [4.78, 5) is 11.8. The van der Waals surface area contributed by atoms with Crippen LogP contribution in [0.4, 0.5) is 8.78 Å². The Morgan fingerprint density at radius 2 is 2.21 bits per heavy atom. The molecule has 2 heterocycles. The van der Waals surface area contributed by atoms with Gasteiger partial charge >= 0.3 is 5.69 Å². The zero-order valence-electron chi connectivity index (χ0n) is 9.99. The van der Waals surface area contributed by atoms with Crippen molar-refractivity contribution >= 4 is 0 Å². The van der Waals surface area contributed by atoms with Crippen molar-refractivity contribution in [2.24, 2.45) is 0 Å². The molecule has 3 rings (SSSR count). The number of hydrogen-bond acceptors (Lipinski definition) is 3. The lowest BCUT2D eigenvalue weighted by Gasteiger charge is -2.11. The summed E-state index contributed by atoms with van der Waals surface area (Å²) in [5.41, 5.74) is -0.530. The lowest BCUT2D eigenvalue weighted by atomic mass is 10.2. The van der Waals surface area contributed by atoms with Crippen LogP contribution in [0.2, 0.25) is 0 Å². The smallest absolute Gasteiger partial charge is 0.307 e. The molecule has 19 heavy (non-hydrogen) atoms. The highest BCUT2D eigenvalue weighted by Crippen LogP contribution is 2.23. The highest BCUT2D eigenvalue weighted by molar-refractivity contribution is 5.35. The van der Waals surface area contributed by atoms with E-state index in [1.54, 1.807) is 0 Å². The third-order valence-electron chi connectivity index (χ3n) is 3.22. The first kappa shape index (κ1) is 12.0. The molecule has 2 N–H and O–H groups in total. The predicted octanol–water partition coefficient (Wildman–Crippen LogP) is 1.26. The van der Waals surface area contributed by atoms with E-state index in [1.807, 2.05) is 0 Å². The first-order chi connectivity index (χ1) is 9.16. The van der Waals surface area contributed by atoms with Gasteiger partial charge in [0.25, 0.3) is 0 Å². The van der Waals surface area contributed by atoms with E-state index in [0.717, 1.165) is 36.1 Å². The molecule has 2 aromatic rings. The van der Waals surface area contributed by atoms with Gasteiger partial charge in [0, 0.05) is 6.07 Å². The van der Waals surface area contributed by atoms with E-state index in [0.29, 0.717) is 5.82 Å². The highest BCUT2D eigenvalue weighted by Gasteiger charge is 2.24. The van der Waals surface area contributed by atoms with E-state index in [9.17, 15) is 13.6 Å². The molecule has 1 saturated heterocycles. The summed E-state index contributed by atoms with van der Waals surface area (Å²) in [5.74, 6) is -1.05. The van der Waals surface area contributed by atoms with Gasteiger partial charge in [0.2, 0.25) is 0 Å². The zero-order valence-corrected chi connectivity index (χ0v) is 9.99. The fourth-order valence-electron chi connectivity index (χ4n) is 2.34. The average Bonchev–Trinajstić information content (AvgIpc) is 2.99. The molecule has 1 fully saturated rings. The second-order valence-electron chi connectivity index (χ2n) is 4.47. The van der Waals surface area contributed by atoms with Crippen LogP contribution >= 0.6 is 0 Å². The van der Waals surface area contributed by atoms with E-state index in [2.05, 4.69) is 15.5 Å². The third kappa shape index (κ3) is 2.06. The maximum atomic E-state index is 13.8. The van der Waals surface area contributed by atoms with E-state index >= 15 is 0 Å². The average molecular weight is 266 g/mol. The minimum absolute atomic E-state index is 0.00356. The monoisotopic (exact) mass is 266 g/mol. The Bertz CT molecular complexity index is 658. The fraction of sp³-hybridized carbons (Fsp3) is 0.333. The lowest BCUT2D eigenvalue weighted by molar-refractivity contribution is 0.560. The summed E-state index contributed by atoms with van der Waals surface area (Å²) in [6.45, 7) is 0.831. The van der Waals surface area contributed by atoms with Gasteiger partial charge in [0.05, 0.1) is 11.7 Å². The van der Waals surface area contributed by atoms with Crippen molar-refractivity contribution in [3.8, 4) is 5.69 Å². The number of nitrogens with zero attached hydrogens (tertiary/aromatic N) is 2. The van der Waals surface area contributed by atoms with Gasteiger partial charge in [0.15, 0.2) is 5.82 Å². The van der Waals surface area contributed by atoms with E-state index in [-0.39, 0.29) is 11.7 Å². The number of aromatic nitrogens is 3. The van der Waals surface area contributed by atoms with Crippen LogP contribution in [0.25, 0.3) is 5.69 Å². The third-order valence-corrected chi connectivity index (χ3v) is 3.22. The Balaban J connectivity index is 2.13. The number of H-pyrrole nitrogens is 1. The molecule has 1 aliphatic rings. The van der Waals surface area contributed by atoms with Crippen molar-refractivity contribution in [3.63, 3.8) is 0 Å². The summed E-state index contributed by atoms with van der Waals surface area (Å²) in [6.07, 6.45) is 1.80. The number of rotatable bonds is 2. The van der Waals surface area contributed by atoms with Crippen LogP contribution in [0, 0.1) is 11.6 Å².